The van der Waals surface area contributed by atoms with E-state index in [1.165, 1.54) is 0 Å². The molecule has 1 aliphatic rings. The Hall–Kier alpha value is -2.19. The Kier molecular flexibility index (Phi) is 8.47. The molecule has 27 heavy (non-hydrogen) atoms. The molecule has 1 aromatic rings. The van der Waals surface area contributed by atoms with Gasteiger partial charge in [0.25, 0.3) is 0 Å². The van der Waals surface area contributed by atoms with Crippen molar-refractivity contribution in [2.24, 2.45) is 0 Å². The van der Waals surface area contributed by atoms with E-state index in [-0.39, 0.29) is 11.9 Å². The lowest BCUT2D eigenvalue weighted by molar-refractivity contribution is -0.128. The van der Waals surface area contributed by atoms with Gasteiger partial charge in [0.05, 0.1) is 7.11 Å². The van der Waals surface area contributed by atoms with Crippen molar-refractivity contribution >= 4 is 23.9 Å². The van der Waals surface area contributed by atoms with Gasteiger partial charge in [-0.05, 0) is 49.1 Å². The second-order valence-electron chi connectivity index (χ2n) is 6.27. The van der Waals surface area contributed by atoms with E-state index >= 15 is 0 Å². The quantitative estimate of drug-likeness (QED) is 0.342. The molecule has 0 spiro atoms. The van der Waals surface area contributed by atoms with Gasteiger partial charge in [0.15, 0.2) is 0 Å². The molecule has 7 nitrogen and oxygen atoms in total. The van der Waals surface area contributed by atoms with E-state index in [0.717, 1.165) is 23.6 Å². The zero-order chi connectivity index (χ0) is 19.6. The topological polar surface area (TPSA) is 82.1 Å². The summed E-state index contributed by atoms with van der Waals surface area (Å²) in [5.41, 5.74) is 0. The molecule has 1 saturated heterocycles. The lowest BCUT2D eigenvalue weighted by atomic mass is 10.2. The number of methoxy groups -OCH3 is 1. The van der Waals surface area contributed by atoms with Gasteiger partial charge in [0.1, 0.15) is 5.75 Å². The first kappa shape index (κ1) is 21.1. The van der Waals surface area contributed by atoms with Crippen LogP contribution >= 0.6 is 11.9 Å². The fourth-order valence-electron chi connectivity index (χ4n) is 3.02. The Morgan fingerprint density at radius 2 is 2.22 bits per heavy atom. The number of amides is 2. The van der Waals surface area contributed by atoms with Crippen LogP contribution in [0.25, 0.3) is 0 Å². The summed E-state index contributed by atoms with van der Waals surface area (Å²) in [6.45, 7) is 6.14. The Bertz CT molecular complexity index is 638. The maximum absolute atomic E-state index is 12.1. The third-order valence-electron chi connectivity index (χ3n) is 4.35. The number of ether oxygens (including phenoxy) is 1. The second kappa shape index (κ2) is 10.8. The Labute approximate surface area is 164 Å². The third kappa shape index (κ3) is 6.80. The summed E-state index contributed by atoms with van der Waals surface area (Å²) in [6.07, 6.45) is 2.84. The Balaban J connectivity index is 2.00. The van der Waals surface area contributed by atoms with Crippen molar-refractivity contribution in [1.29, 1.82) is 0 Å². The van der Waals surface area contributed by atoms with Gasteiger partial charge in [0.2, 0.25) is 5.91 Å². The summed E-state index contributed by atoms with van der Waals surface area (Å²) < 4.78 is 7.40. The van der Waals surface area contributed by atoms with Crippen molar-refractivity contribution in [3.05, 3.63) is 36.9 Å². The summed E-state index contributed by atoms with van der Waals surface area (Å²) in [7, 11) is 1.63. The van der Waals surface area contributed by atoms with Crippen LogP contribution in [0.15, 0.2) is 41.8 Å². The van der Waals surface area contributed by atoms with Gasteiger partial charge in [-0.25, -0.2) is 9.10 Å². The molecule has 2 rings (SSSR count). The molecule has 0 saturated carbocycles. The summed E-state index contributed by atoms with van der Waals surface area (Å²) in [4.78, 5) is 25.7. The molecular weight excluding hydrogens is 366 g/mol. The molecule has 0 aromatic heterocycles. The monoisotopic (exact) mass is 393 g/mol. The van der Waals surface area contributed by atoms with Crippen LogP contribution in [-0.2, 0) is 4.79 Å². The largest absolute Gasteiger partial charge is 0.497 e. The molecule has 1 aliphatic heterocycles. The molecule has 0 bridgehead atoms. The van der Waals surface area contributed by atoms with Gasteiger partial charge in [-0.2, -0.15) is 0 Å². The highest BCUT2D eigenvalue weighted by Crippen LogP contribution is 2.28. The molecule has 1 heterocycles. The van der Waals surface area contributed by atoms with E-state index in [4.69, 9.17) is 9.84 Å². The molecular formula is C19H27N3O4S. The van der Waals surface area contributed by atoms with Crippen LogP contribution in [0.5, 0.6) is 5.75 Å². The van der Waals surface area contributed by atoms with Gasteiger partial charge in [-0.3, -0.25) is 4.79 Å². The molecule has 2 amide bonds. The summed E-state index contributed by atoms with van der Waals surface area (Å²) in [5.74, 6) is 0.969. The SMILES string of the molecule is C=CCN1C(=O)CC[C@@H]1CN(CCCNC(=O)O)Sc1ccc(OC)cc1. The lowest BCUT2D eigenvalue weighted by Gasteiger charge is -2.29. The highest BCUT2D eigenvalue weighted by Gasteiger charge is 2.31. The predicted octanol–water partition coefficient (Wildman–Crippen LogP) is 2.84. The molecule has 1 aromatic carbocycles. The average Bonchev–Trinajstić information content (AvgIpc) is 2.99. The van der Waals surface area contributed by atoms with Crippen LogP contribution in [0, 0.1) is 0 Å². The summed E-state index contributed by atoms with van der Waals surface area (Å²) in [6, 6.07) is 7.96. The Morgan fingerprint density at radius 1 is 1.48 bits per heavy atom. The minimum Gasteiger partial charge on any atom is -0.497 e. The molecule has 0 radical (unpaired) electrons. The number of carbonyl (C=O) groups is 2. The van der Waals surface area contributed by atoms with Crippen molar-refractivity contribution in [2.75, 3.05) is 33.3 Å². The van der Waals surface area contributed by atoms with E-state index < -0.39 is 6.09 Å². The summed E-state index contributed by atoms with van der Waals surface area (Å²) in [5, 5.41) is 11.1. The van der Waals surface area contributed by atoms with Crippen molar-refractivity contribution < 1.29 is 19.4 Å². The molecule has 0 aliphatic carbocycles. The number of benzene rings is 1. The highest BCUT2D eigenvalue weighted by molar-refractivity contribution is 7.97. The van der Waals surface area contributed by atoms with Crippen molar-refractivity contribution in [3.63, 3.8) is 0 Å². The van der Waals surface area contributed by atoms with Crippen molar-refractivity contribution in [1.82, 2.24) is 14.5 Å². The lowest BCUT2D eigenvalue weighted by Crippen LogP contribution is -2.40. The number of carbonyl (C=O) groups excluding carboxylic acids is 1. The number of hydrogen-bond donors (Lipinski definition) is 2. The zero-order valence-electron chi connectivity index (χ0n) is 15.6. The van der Waals surface area contributed by atoms with Crippen LogP contribution in [0.3, 0.4) is 0 Å². The van der Waals surface area contributed by atoms with E-state index in [9.17, 15) is 9.59 Å². The van der Waals surface area contributed by atoms with Gasteiger partial charge in [0, 0.05) is 43.5 Å². The fraction of sp³-hybridized carbons (Fsp3) is 0.474. The third-order valence-corrected chi connectivity index (χ3v) is 5.42. The van der Waals surface area contributed by atoms with Crippen molar-refractivity contribution in [2.45, 2.75) is 30.2 Å². The maximum atomic E-state index is 12.1. The van der Waals surface area contributed by atoms with Crippen molar-refractivity contribution in [3.8, 4) is 5.75 Å². The van der Waals surface area contributed by atoms with Gasteiger partial charge >= 0.3 is 6.09 Å². The number of likely N-dealkylation sites (tertiary alicyclic amines) is 1. The van der Waals surface area contributed by atoms with Crippen LogP contribution in [0.1, 0.15) is 19.3 Å². The first-order valence-corrected chi connectivity index (χ1v) is 9.75. The number of carboxylic acid groups (broad SMARTS) is 1. The van der Waals surface area contributed by atoms with Crippen LogP contribution < -0.4 is 10.1 Å². The van der Waals surface area contributed by atoms with Crippen LogP contribution in [0.2, 0.25) is 0 Å². The van der Waals surface area contributed by atoms with E-state index in [1.807, 2.05) is 29.2 Å². The van der Waals surface area contributed by atoms with Gasteiger partial charge < -0.3 is 20.1 Å². The average molecular weight is 394 g/mol. The normalized spacial score (nSPS) is 16.6. The van der Waals surface area contributed by atoms with E-state index in [1.54, 1.807) is 25.1 Å². The molecule has 0 unspecified atom stereocenters. The first-order chi connectivity index (χ1) is 13.0. The van der Waals surface area contributed by atoms with Gasteiger partial charge in [-0.15, -0.1) is 6.58 Å². The Morgan fingerprint density at radius 3 is 2.85 bits per heavy atom. The van der Waals surface area contributed by atoms with E-state index in [2.05, 4.69) is 16.2 Å². The van der Waals surface area contributed by atoms with Gasteiger partial charge in [-0.1, -0.05) is 6.08 Å². The molecule has 2 N–H and O–H groups in total. The zero-order valence-corrected chi connectivity index (χ0v) is 16.4. The smallest absolute Gasteiger partial charge is 0.404 e. The summed E-state index contributed by atoms with van der Waals surface area (Å²) >= 11 is 1.61. The molecule has 1 fully saturated rings. The minimum atomic E-state index is -1.01. The molecule has 1 atom stereocenters. The maximum Gasteiger partial charge on any atom is 0.404 e. The predicted molar refractivity (Wildman–Crippen MR) is 106 cm³/mol. The van der Waals surface area contributed by atoms with Crippen LogP contribution in [0.4, 0.5) is 4.79 Å². The molecule has 148 valence electrons. The minimum absolute atomic E-state index is 0.147. The number of nitrogens with one attached hydrogen (secondary N) is 1. The number of hydrogen-bond acceptors (Lipinski definition) is 5. The number of nitrogens with zero attached hydrogens (tertiary/aromatic N) is 2. The standard InChI is InChI=1S/C19H27N3O4S/c1-3-12-22-15(5-10-18(22)23)14-21(13-4-11-20-19(24)25)27-17-8-6-16(26-2)7-9-17/h3,6-9,15,20H,1,4-5,10-14H2,2H3,(H,24,25)/t15-/m1/s1. The fourth-order valence-corrected chi connectivity index (χ4v) is 4.04. The second-order valence-corrected chi connectivity index (χ2v) is 7.44. The first-order valence-electron chi connectivity index (χ1n) is 8.97. The van der Waals surface area contributed by atoms with Crippen LogP contribution in [-0.4, -0.2) is 65.6 Å². The highest BCUT2D eigenvalue weighted by atomic mass is 32.2. The van der Waals surface area contributed by atoms with E-state index in [0.29, 0.717) is 32.5 Å². The number of rotatable bonds is 11. The molecule has 8 heteroatoms.